The Morgan fingerprint density at radius 3 is 2.80 bits per heavy atom. The van der Waals surface area contributed by atoms with E-state index in [4.69, 9.17) is 5.41 Å². The Labute approximate surface area is 86.6 Å². The average molecular weight is 210 g/mol. The maximum Gasteiger partial charge on any atom is 0.412 e. The second kappa shape index (κ2) is 5.09. The Balaban J connectivity index is 2.70. The van der Waals surface area contributed by atoms with E-state index in [1.807, 2.05) is 0 Å². The van der Waals surface area contributed by atoms with Gasteiger partial charge in [-0.2, -0.15) is 0 Å². The summed E-state index contributed by atoms with van der Waals surface area (Å²) in [5, 5.41) is 9.55. The van der Waals surface area contributed by atoms with Gasteiger partial charge in [-0.1, -0.05) is 12.1 Å². The van der Waals surface area contributed by atoms with Crippen molar-refractivity contribution >= 4 is 11.9 Å². The molecular weight excluding hydrogens is 199 g/mol. The van der Waals surface area contributed by atoms with Crippen molar-refractivity contribution in [3.05, 3.63) is 35.6 Å². The van der Waals surface area contributed by atoms with Crippen LogP contribution in [-0.2, 0) is 4.74 Å². The molecule has 1 aromatic carbocycles. The molecule has 0 saturated heterocycles. The molecule has 5 heteroatoms. The smallest absolute Gasteiger partial charge is 0.412 e. The molecule has 0 saturated carbocycles. The fourth-order valence-electron chi connectivity index (χ4n) is 1.00. The number of rotatable bonds is 2. The molecule has 0 heterocycles. The zero-order chi connectivity index (χ0) is 11.3. The molecule has 4 nitrogen and oxygen atoms in total. The van der Waals surface area contributed by atoms with Crippen molar-refractivity contribution in [1.29, 1.82) is 5.41 Å². The minimum Gasteiger partial charge on any atom is -0.450 e. The van der Waals surface area contributed by atoms with Gasteiger partial charge in [0.2, 0.25) is 0 Å². The first-order valence-corrected chi connectivity index (χ1v) is 4.42. The van der Waals surface area contributed by atoms with E-state index in [9.17, 15) is 9.18 Å². The van der Waals surface area contributed by atoms with Crippen LogP contribution in [0.3, 0.4) is 0 Å². The number of ether oxygens (including phenoxy) is 1. The van der Waals surface area contributed by atoms with Crippen molar-refractivity contribution in [3.8, 4) is 0 Å². The molecule has 0 aliphatic rings. The van der Waals surface area contributed by atoms with E-state index in [0.29, 0.717) is 0 Å². The molecule has 0 radical (unpaired) electrons. The van der Waals surface area contributed by atoms with Crippen LogP contribution in [0.1, 0.15) is 12.5 Å². The van der Waals surface area contributed by atoms with Gasteiger partial charge in [0.1, 0.15) is 11.7 Å². The van der Waals surface area contributed by atoms with Gasteiger partial charge in [0.05, 0.1) is 12.2 Å². The predicted molar refractivity (Wildman–Crippen MR) is 53.4 cm³/mol. The third-order valence-electron chi connectivity index (χ3n) is 1.65. The van der Waals surface area contributed by atoms with E-state index in [1.165, 1.54) is 18.2 Å². The molecule has 80 valence electrons. The van der Waals surface area contributed by atoms with Crippen LogP contribution in [0.4, 0.5) is 9.18 Å². The van der Waals surface area contributed by atoms with Gasteiger partial charge in [0, 0.05) is 0 Å². The maximum atomic E-state index is 13.1. The number of carbonyl (C=O) groups excluding carboxylic acids is 1. The quantitative estimate of drug-likeness (QED) is 0.578. The van der Waals surface area contributed by atoms with Crippen molar-refractivity contribution in [2.45, 2.75) is 6.92 Å². The monoisotopic (exact) mass is 210 g/mol. The highest BCUT2D eigenvalue weighted by Gasteiger charge is 2.10. The number of benzene rings is 1. The normalized spacial score (nSPS) is 9.47. The Morgan fingerprint density at radius 2 is 2.20 bits per heavy atom. The highest BCUT2D eigenvalue weighted by atomic mass is 19.1. The zero-order valence-corrected chi connectivity index (χ0v) is 8.21. The number of amides is 1. The summed E-state index contributed by atoms with van der Waals surface area (Å²) < 4.78 is 17.7. The molecule has 2 N–H and O–H groups in total. The molecule has 1 aromatic rings. The summed E-state index contributed by atoms with van der Waals surface area (Å²) in [6, 6.07) is 5.72. The number of halogens is 1. The van der Waals surface area contributed by atoms with Crippen LogP contribution in [0.2, 0.25) is 0 Å². The summed E-state index contributed by atoms with van der Waals surface area (Å²) in [6.45, 7) is 1.85. The van der Waals surface area contributed by atoms with Crippen molar-refractivity contribution in [2.75, 3.05) is 6.61 Å². The van der Waals surface area contributed by atoms with E-state index in [0.717, 1.165) is 0 Å². The summed E-state index contributed by atoms with van der Waals surface area (Å²) in [6.07, 6.45) is -0.759. The molecule has 1 amide bonds. The lowest BCUT2D eigenvalue weighted by molar-refractivity contribution is 0.158. The topological polar surface area (TPSA) is 62.2 Å². The van der Waals surface area contributed by atoms with E-state index in [2.05, 4.69) is 10.1 Å². The van der Waals surface area contributed by atoms with Crippen LogP contribution < -0.4 is 5.32 Å². The molecule has 1 rings (SSSR count). The van der Waals surface area contributed by atoms with Gasteiger partial charge >= 0.3 is 6.09 Å². The molecule has 0 bridgehead atoms. The van der Waals surface area contributed by atoms with Gasteiger partial charge in [0.25, 0.3) is 0 Å². The van der Waals surface area contributed by atoms with Crippen LogP contribution in [0.15, 0.2) is 24.3 Å². The summed E-state index contributed by atoms with van der Waals surface area (Å²) in [5.41, 5.74) is 0.0329. The molecular formula is C10H11FN2O2. The van der Waals surface area contributed by atoms with E-state index in [-0.39, 0.29) is 18.0 Å². The third-order valence-corrected chi connectivity index (χ3v) is 1.65. The van der Waals surface area contributed by atoms with Crippen LogP contribution in [0.5, 0.6) is 0 Å². The Bertz CT molecular complexity index is 379. The van der Waals surface area contributed by atoms with Crippen LogP contribution in [-0.4, -0.2) is 18.5 Å². The second-order valence-electron chi connectivity index (χ2n) is 2.70. The van der Waals surface area contributed by atoms with Crippen molar-refractivity contribution < 1.29 is 13.9 Å². The largest absolute Gasteiger partial charge is 0.450 e. The van der Waals surface area contributed by atoms with Gasteiger partial charge in [-0.25, -0.2) is 9.18 Å². The van der Waals surface area contributed by atoms with Gasteiger partial charge in [-0.15, -0.1) is 0 Å². The standard InChI is InChI=1S/C10H11FN2O2/c1-2-15-10(14)13-9(12)7-5-3-4-6-8(7)11/h3-6H,2H2,1H3,(H2,12,13,14). The summed E-state index contributed by atoms with van der Waals surface area (Å²) >= 11 is 0. The van der Waals surface area contributed by atoms with Gasteiger partial charge in [-0.05, 0) is 19.1 Å². The SMILES string of the molecule is CCOC(=O)NC(=N)c1ccccc1F. The molecule has 0 aromatic heterocycles. The number of amidine groups is 1. The minimum absolute atomic E-state index is 0.0329. The minimum atomic E-state index is -0.759. The van der Waals surface area contributed by atoms with Crippen molar-refractivity contribution in [1.82, 2.24) is 5.32 Å². The first-order chi connectivity index (χ1) is 7.15. The Kier molecular flexibility index (Phi) is 3.79. The molecule has 0 atom stereocenters. The summed E-state index contributed by atoms with van der Waals surface area (Å²) in [7, 11) is 0. The van der Waals surface area contributed by atoms with E-state index >= 15 is 0 Å². The van der Waals surface area contributed by atoms with Crippen molar-refractivity contribution in [2.24, 2.45) is 0 Å². The van der Waals surface area contributed by atoms with Crippen molar-refractivity contribution in [3.63, 3.8) is 0 Å². The molecule has 0 unspecified atom stereocenters. The number of hydrogen-bond acceptors (Lipinski definition) is 3. The highest BCUT2D eigenvalue weighted by molar-refractivity contribution is 6.04. The Morgan fingerprint density at radius 1 is 1.53 bits per heavy atom. The summed E-state index contributed by atoms with van der Waals surface area (Å²) in [5.74, 6) is -0.870. The lowest BCUT2D eigenvalue weighted by atomic mass is 10.2. The van der Waals surface area contributed by atoms with E-state index in [1.54, 1.807) is 13.0 Å². The first-order valence-electron chi connectivity index (χ1n) is 4.42. The number of carbonyl (C=O) groups is 1. The third kappa shape index (κ3) is 3.05. The Hall–Kier alpha value is -1.91. The summed E-state index contributed by atoms with van der Waals surface area (Å²) in [4.78, 5) is 10.9. The fourth-order valence-corrected chi connectivity index (χ4v) is 1.00. The van der Waals surface area contributed by atoms with Crippen LogP contribution in [0.25, 0.3) is 0 Å². The van der Waals surface area contributed by atoms with Gasteiger partial charge < -0.3 is 4.74 Å². The van der Waals surface area contributed by atoms with Gasteiger partial charge in [0.15, 0.2) is 0 Å². The van der Waals surface area contributed by atoms with Crippen LogP contribution >= 0.6 is 0 Å². The first kappa shape index (κ1) is 11.2. The zero-order valence-electron chi connectivity index (χ0n) is 8.21. The fraction of sp³-hybridized carbons (Fsp3) is 0.200. The number of hydrogen-bond donors (Lipinski definition) is 2. The lowest BCUT2D eigenvalue weighted by Crippen LogP contribution is -2.31. The number of alkyl carbamates (subject to hydrolysis) is 1. The molecule has 0 fully saturated rings. The molecule has 0 spiro atoms. The lowest BCUT2D eigenvalue weighted by Gasteiger charge is -2.06. The molecule has 0 aliphatic carbocycles. The average Bonchev–Trinajstić information content (AvgIpc) is 2.18. The van der Waals surface area contributed by atoms with E-state index < -0.39 is 11.9 Å². The maximum absolute atomic E-state index is 13.1. The predicted octanol–water partition coefficient (Wildman–Crippen LogP) is 1.90. The highest BCUT2D eigenvalue weighted by Crippen LogP contribution is 2.05. The van der Waals surface area contributed by atoms with Gasteiger partial charge in [-0.3, -0.25) is 10.7 Å². The second-order valence-corrected chi connectivity index (χ2v) is 2.70. The van der Waals surface area contributed by atoms with Crippen LogP contribution in [0, 0.1) is 11.2 Å². The molecule has 15 heavy (non-hydrogen) atoms. The number of nitrogens with one attached hydrogen (secondary N) is 2. The molecule has 0 aliphatic heterocycles.